The van der Waals surface area contributed by atoms with Gasteiger partial charge >= 0.3 is 5.31 Å². The summed E-state index contributed by atoms with van der Waals surface area (Å²) in [7, 11) is 0. The van der Waals surface area contributed by atoms with Crippen LogP contribution in [0.2, 0.25) is 0 Å². The Morgan fingerprint density at radius 2 is 0.833 bits per heavy atom. The molecule has 0 saturated carbocycles. The van der Waals surface area contributed by atoms with Crippen LogP contribution in [0.3, 0.4) is 0 Å². The molecule has 0 aromatic heterocycles. The second-order valence-corrected chi connectivity index (χ2v) is 11.6. The Labute approximate surface area is 68.7 Å². The van der Waals surface area contributed by atoms with Crippen molar-refractivity contribution in [3.8, 4) is 0 Å². The molecule has 0 spiro atoms. The number of hydrogen-bond donors (Lipinski definition) is 0. The van der Waals surface area contributed by atoms with Crippen LogP contribution in [-0.4, -0.2) is 5.31 Å². The van der Waals surface area contributed by atoms with E-state index in [1.165, 1.54) is 0 Å². The van der Waals surface area contributed by atoms with Crippen LogP contribution in [0.4, 0.5) is 0 Å². The van der Waals surface area contributed by atoms with Gasteiger partial charge in [-0.2, -0.15) is 0 Å². The first-order valence-corrected chi connectivity index (χ1v) is 6.80. The molecular formula is Cl4SiZn. The fourth-order valence-electron chi connectivity index (χ4n) is 0. The van der Waals surface area contributed by atoms with Gasteiger partial charge in [-0.05, 0) is 0 Å². The fourth-order valence-corrected chi connectivity index (χ4v) is 0. The predicted octanol–water partition coefficient (Wildman–Crippen LogP) is 2.37. The first-order chi connectivity index (χ1) is 2.00. The quantitative estimate of drug-likeness (QED) is 0.447. The Morgan fingerprint density at radius 3 is 0.833 bits per heavy atom. The van der Waals surface area contributed by atoms with Gasteiger partial charge in [0.2, 0.25) is 0 Å². The van der Waals surface area contributed by atoms with Crippen molar-refractivity contribution < 1.29 is 19.5 Å². The van der Waals surface area contributed by atoms with Crippen LogP contribution in [0.5, 0.6) is 0 Å². The Morgan fingerprint density at radius 1 is 0.833 bits per heavy atom. The van der Waals surface area contributed by atoms with Crippen LogP contribution in [0, 0.1) is 0 Å². The van der Waals surface area contributed by atoms with Crippen molar-refractivity contribution in [2.45, 2.75) is 0 Å². The van der Waals surface area contributed by atoms with Gasteiger partial charge in [0.05, 0.1) is 0 Å². The summed E-state index contributed by atoms with van der Waals surface area (Å²) in [6.45, 7) is 0. The maximum Gasteiger partial charge on any atom is 0.440 e. The van der Waals surface area contributed by atoms with Crippen molar-refractivity contribution in [1.82, 2.24) is 0 Å². The van der Waals surface area contributed by atoms with Gasteiger partial charge in [-0.3, -0.25) is 0 Å². The molecule has 0 fully saturated rings. The molecule has 0 amide bonds. The summed E-state index contributed by atoms with van der Waals surface area (Å²) in [6, 6.07) is 0. The summed E-state index contributed by atoms with van der Waals surface area (Å²) >= 11 is 19.9. The second kappa shape index (κ2) is 3.94. The van der Waals surface area contributed by atoms with E-state index >= 15 is 0 Å². The minimum absolute atomic E-state index is 0. The molecule has 6 heavy (non-hydrogen) atoms. The molecule has 0 unspecified atom stereocenters. The van der Waals surface area contributed by atoms with Crippen molar-refractivity contribution in [1.29, 1.82) is 0 Å². The first kappa shape index (κ1) is 10.9. The first-order valence-electron chi connectivity index (χ1n) is 0.756. The van der Waals surface area contributed by atoms with Crippen molar-refractivity contribution in [3.05, 3.63) is 0 Å². The molecule has 0 aromatic rings. The van der Waals surface area contributed by atoms with Gasteiger partial charge in [0.25, 0.3) is 0 Å². The Hall–Kier alpha value is 2.00. The Balaban J connectivity index is 0. The zero-order valence-corrected chi connectivity index (χ0v) is 9.71. The van der Waals surface area contributed by atoms with E-state index in [1.54, 1.807) is 0 Å². The van der Waals surface area contributed by atoms with Gasteiger partial charge in [-0.25, -0.2) is 0 Å². The third-order valence-electron chi connectivity index (χ3n) is 0. The van der Waals surface area contributed by atoms with Crippen LogP contribution < -0.4 is 0 Å². The second-order valence-electron chi connectivity index (χ2n) is 0.429. The molecule has 0 saturated heterocycles. The summed E-state index contributed by atoms with van der Waals surface area (Å²) in [4.78, 5) is 0. The van der Waals surface area contributed by atoms with Crippen LogP contribution in [0.25, 0.3) is 0 Å². The largest absolute Gasteiger partial charge is 0.440 e. The summed E-state index contributed by atoms with van der Waals surface area (Å²) in [6.07, 6.45) is 0. The molecule has 0 rings (SSSR count). The number of rotatable bonds is 0. The molecule has 0 radical (unpaired) electrons. The average molecular weight is 235 g/mol. The molecule has 34 valence electrons. The van der Waals surface area contributed by atoms with Gasteiger partial charge in [0, 0.05) is 19.5 Å². The summed E-state index contributed by atoms with van der Waals surface area (Å²) in [5.41, 5.74) is 0. The van der Waals surface area contributed by atoms with Gasteiger partial charge < -0.3 is 0 Å². The van der Waals surface area contributed by atoms with E-state index in [2.05, 4.69) is 0 Å². The van der Waals surface area contributed by atoms with Crippen LogP contribution in [0.15, 0.2) is 0 Å². The van der Waals surface area contributed by atoms with Crippen LogP contribution >= 0.6 is 44.3 Å². The van der Waals surface area contributed by atoms with Gasteiger partial charge in [0.1, 0.15) is 0 Å². The van der Waals surface area contributed by atoms with E-state index < -0.39 is 5.31 Å². The Bertz CT molecular complexity index is 23.0. The van der Waals surface area contributed by atoms with E-state index in [0.717, 1.165) is 0 Å². The molecule has 6 heteroatoms. The maximum absolute atomic E-state index is 4.97. The van der Waals surface area contributed by atoms with E-state index in [-0.39, 0.29) is 19.5 Å². The van der Waals surface area contributed by atoms with Crippen molar-refractivity contribution in [3.63, 3.8) is 0 Å². The maximum atomic E-state index is 4.97. The molecule has 0 N–H and O–H groups in total. The number of hydrogen-bond acceptors (Lipinski definition) is 0. The van der Waals surface area contributed by atoms with Crippen molar-refractivity contribution in [2.24, 2.45) is 0 Å². The van der Waals surface area contributed by atoms with Crippen molar-refractivity contribution in [2.75, 3.05) is 0 Å². The van der Waals surface area contributed by atoms with E-state index in [4.69, 9.17) is 44.3 Å². The normalized spacial score (nSPS) is 10.0. The molecule has 0 nitrogen and oxygen atoms in total. The van der Waals surface area contributed by atoms with E-state index in [9.17, 15) is 0 Å². The molecule has 0 atom stereocenters. The van der Waals surface area contributed by atoms with Crippen LogP contribution in [0.1, 0.15) is 0 Å². The minimum Gasteiger partial charge on any atom is -0.110 e. The molecule has 0 aliphatic carbocycles. The molecule has 0 aromatic carbocycles. The van der Waals surface area contributed by atoms with Crippen molar-refractivity contribution >= 4 is 49.6 Å². The topological polar surface area (TPSA) is 0 Å². The summed E-state index contributed by atoms with van der Waals surface area (Å²) < 4.78 is 0. The fraction of sp³-hybridized carbons (Fsp3) is 0. The molecule has 0 bridgehead atoms. The van der Waals surface area contributed by atoms with E-state index in [1.807, 2.05) is 0 Å². The summed E-state index contributed by atoms with van der Waals surface area (Å²) in [5, 5.41) is -2.72. The van der Waals surface area contributed by atoms with E-state index in [0.29, 0.717) is 0 Å². The molecular weight excluding hydrogens is 235 g/mol. The smallest absolute Gasteiger partial charge is 0.110 e. The standard InChI is InChI=1S/Cl4Si.Zn/c1-5(2,3)4;. The van der Waals surface area contributed by atoms with Gasteiger partial charge in [-0.1, -0.05) is 0 Å². The van der Waals surface area contributed by atoms with Gasteiger partial charge in [-0.15, -0.1) is 44.3 Å². The Kier molecular flexibility index (Phi) is 7.15. The molecule has 0 heterocycles. The third kappa shape index (κ3) is 37.5. The zero-order valence-electron chi connectivity index (χ0n) is 2.72. The predicted molar refractivity (Wildman–Crippen MR) is 29.2 cm³/mol. The minimum atomic E-state index is -2.72. The third-order valence-corrected chi connectivity index (χ3v) is 0. The molecule has 0 aliphatic rings. The average Bonchev–Trinajstić information content (AvgIpc) is 0.722. The zero-order chi connectivity index (χ0) is 4.50. The monoisotopic (exact) mass is 232 g/mol. The number of halogens is 4. The summed E-state index contributed by atoms with van der Waals surface area (Å²) in [5.74, 6) is 0. The van der Waals surface area contributed by atoms with Gasteiger partial charge in [0.15, 0.2) is 0 Å². The SMILES string of the molecule is Cl[Si](Cl)(Cl)Cl.[Zn]. The molecule has 0 aliphatic heterocycles. The van der Waals surface area contributed by atoms with Crippen LogP contribution in [-0.2, 0) is 19.5 Å².